The molecule has 0 bridgehead atoms. The van der Waals surface area contributed by atoms with Gasteiger partial charge in [-0.05, 0) is 199 Å². The lowest BCUT2D eigenvalue weighted by Crippen LogP contribution is -2.17. The van der Waals surface area contributed by atoms with E-state index in [1.807, 2.05) is 0 Å². The third-order valence-electron chi connectivity index (χ3n) is 21.2. The molecule has 0 radical (unpaired) electrons. The van der Waals surface area contributed by atoms with Crippen molar-refractivity contribution in [1.29, 1.82) is 0 Å². The SMILES string of the molecule is CC(C)(C)c1cc(-n2c3ccccc3c3cc(N(c4ccc5c(c4)oc4ccc6c(ccc7oc8cc(N(c9ccc%10c(c9)c9ccccc9n%10-c9cc(C(C)(C)C)cc(C(C)(C)C)c9)c9cccc%10ccccc9%10)ccc8c76)c45)c4cccc5ccccc45)ccc32)cc(C(C)(C)C)c1. The minimum atomic E-state index is -0.0330. The highest BCUT2D eigenvalue weighted by Crippen LogP contribution is 2.49. The lowest BCUT2D eigenvalue weighted by atomic mass is 9.80. The van der Waals surface area contributed by atoms with E-state index in [1.165, 1.54) is 88.0 Å². The van der Waals surface area contributed by atoms with E-state index in [0.29, 0.717) is 0 Å². The fourth-order valence-electron chi connectivity index (χ4n) is 15.8. The van der Waals surface area contributed by atoms with E-state index in [0.717, 1.165) is 99.5 Å². The second-order valence-corrected chi connectivity index (χ2v) is 31.9. The molecule has 0 fully saturated rings. The molecule has 4 aromatic heterocycles. The Morgan fingerprint density at radius 3 is 0.950 bits per heavy atom. The Labute approximate surface area is 583 Å². The van der Waals surface area contributed by atoms with E-state index in [-0.39, 0.29) is 21.7 Å². The molecule has 18 rings (SSSR count). The van der Waals surface area contributed by atoms with E-state index in [2.05, 4.69) is 369 Å². The molecule has 0 saturated carbocycles. The van der Waals surface area contributed by atoms with Crippen LogP contribution in [0.5, 0.6) is 0 Å². The lowest BCUT2D eigenvalue weighted by Gasteiger charge is -2.27. The van der Waals surface area contributed by atoms with Gasteiger partial charge in [0.05, 0.1) is 33.4 Å². The quantitative estimate of drug-likeness (QED) is 0.152. The van der Waals surface area contributed by atoms with E-state index in [1.54, 1.807) is 0 Å². The number of hydrogen-bond donors (Lipinski definition) is 0. The van der Waals surface area contributed by atoms with Crippen molar-refractivity contribution in [3.8, 4) is 11.4 Å². The van der Waals surface area contributed by atoms with Crippen LogP contribution in [0, 0.1) is 0 Å². The Hall–Kier alpha value is -11.3. The van der Waals surface area contributed by atoms with E-state index >= 15 is 0 Å². The predicted octanol–water partition coefficient (Wildman–Crippen LogP) is 27.3. The van der Waals surface area contributed by atoms with Gasteiger partial charge in [0.2, 0.25) is 0 Å². The average Bonchev–Trinajstić information content (AvgIpc) is 1.55. The fraction of sp³-hybridized carbons (Fsp3) is 0.170. The van der Waals surface area contributed by atoms with Gasteiger partial charge in [0, 0.05) is 100 Å². The molecule has 6 nitrogen and oxygen atoms in total. The maximum absolute atomic E-state index is 7.04. The normalized spacial score (nSPS) is 12.8. The number of aromatic nitrogens is 2. The van der Waals surface area contributed by atoms with Crippen molar-refractivity contribution < 1.29 is 8.83 Å². The molecule has 0 atom stereocenters. The van der Waals surface area contributed by atoms with Gasteiger partial charge < -0.3 is 27.8 Å². The monoisotopic (exact) mass is 1300 g/mol. The third-order valence-corrected chi connectivity index (χ3v) is 21.2. The highest BCUT2D eigenvalue weighted by Gasteiger charge is 2.28. The molecule has 0 spiro atoms. The summed E-state index contributed by atoms with van der Waals surface area (Å²) in [5.74, 6) is 0. The zero-order valence-electron chi connectivity index (χ0n) is 59.0. The van der Waals surface area contributed by atoms with Crippen LogP contribution in [0.15, 0.2) is 276 Å². The van der Waals surface area contributed by atoms with Gasteiger partial charge in [0.15, 0.2) is 0 Å². The predicted molar refractivity (Wildman–Crippen MR) is 426 cm³/mol. The second kappa shape index (κ2) is 22.1. The zero-order valence-corrected chi connectivity index (χ0v) is 59.0. The van der Waals surface area contributed by atoms with E-state index < -0.39 is 0 Å². The van der Waals surface area contributed by atoms with Gasteiger partial charge in [-0.3, -0.25) is 0 Å². The van der Waals surface area contributed by atoms with Gasteiger partial charge in [-0.2, -0.15) is 0 Å². The second-order valence-electron chi connectivity index (χ2n) is 31.9. The van der Waals surface area contributed by atoms with Gasteiger partial charge >= 0.3 is 0 Å². The van der Waals surface area contributed by atoms with Gasteiger partial charge in [-0.1, -0.05) is 204 Å². The third kappa shape index (κ3) is 9.81. The molecule has 0 aliphatic heterocycles. The number of furan rings is 2. The summed E-state index contributed by atoms with van der Waals surface area (Å²) in [7, 11) is 0. The first kappa shape index (κ1) is 61.0. The van der Waals surface area contributed by atoms with Gasteiger partial charge in [0.1, 0.15) is 22.3 Å². The summed E-state index contributed by atoms with van der Waals surface area (Å²) >= 11 is 0. The Bertz CT molecular complexity index is 5950. The molecule has 0 amide bonds. The smallest absolute Gasteiger partial charge is 0.137 e. The van der Waals surface area contributed by atoms with Crippen molar-refractivity contribution in [3.63, 3.8) is 0 Å². The summed E-state index contributed by atoms with van der Waals surface area (Å²) in [4.78, 5) is 4.83. The minimum Gasteiger partial charge on any atom is -0.456 e. The summed E-state index contributed by atoms with van der Waals surface area (Å²) in [6.45, 7) is 27.8. The first-order valence-electron chi connectivity index (χ1n) is 35.3. The van der Waals surface area contributed by atoms with Crippen molar-refractivity contribution in [3.05, 3.63) is 289 Å². The standard InChI is InChI=1S/C94H80N4O2/c1-91(2,3)59-47-60(92(4,5)6)50-67(49-59)97-81-31-19-17-29-71(81)77-53-63(37-43-83(77)97)95(79-33-21-25-57-23-13-15-27-69(57)79)65-35-39-75-87(55-65)99-85-45-41-74-73(89(75)85)42-46-86-90(74)76-40-36-66(56-88(76)100-86)96(80-34-22-26-58-24-14-16-28-70(58)80)64-38-44-84-78(54-64)72-30-18-20-32-82(72)98(84)68-51-61(93(7,8)9)48-62(52-68)94(10,11)12/h13-56H,1-12H3. The summed E-state index contributed by atoms with van der Waals surface area (Å²) in [6.07, 6.45) is 0. The maximum Gasteiger partial charge on any atom is 0.137 e. The van der Waals surface area contributed by atoms with Crippen molar-refractivity contribution in [2.75, 3.05) is 9.80 Å². The summed E-state index contributed by atoms with van der Waals surface area (Å²) in [5.41, 5.74) is 21.8. The fourth-order valence-corrected chi connectivity index (χ4v) is 15.8. The average molecular weight is 1300 g/mol. The van der Waals surface area contributed by atoms with Crippen LogP contribution in [0.2, 0.25) is 0 Å². The molecule has 0 N–H and O–H groups in total. The van der Waals surface area contributed by atoms with E-state index in [9.17, 15) is 0 Å². The van der Waals surface area contributed by atoms with Crippen LogP contribution < -0.4 is 9.80 Å². The van der Waals surface area contributed by atoms with Crippen molar-refractivity contribution in [1.82, 2.24) is 9.13 Å². The van der Waals surface area contributed by atoms with Gasteiger partial charge in [0.25, 0.3) is 0 Å². The van der Waals surface area contributed by atoms with Crippen molar-refractivity contribution in [2.24, 2.45) is 0 Å². The van der Waals surface area contributed by atoms with Crippen LogP contribution in [0.3, 0.4) is 0 Å². The van der Waals surface area contributed by atoms with Crippen LogP contribution in [-0.2, 0) is 21.7 Å². The molecular weight excluding hydrogens is 1220 g/mol. The Balaban J connectivity index is 0.770. The number of nitrogens with zero attached hydrogens (tertiary/aromatic N) is 4. The molecule has 0 saturated heterocycles. The molecule has 0 aliphatic carbocycles. The summed E-state index contributed by atoms with van der Waals surface area (Å²) < 4.78 is 19.0. The van der Waals surface area contributed by atoms with Crippen molar-refractivity contribution in [2.45, 2.75) is 105 Å². The topological polar surface area (TPSA) is 42.6 Å². The first-order chi connectivity index (χ1) is 48.1. The lowest BCUT2D eigenvalue weighted by molar-refractivity contribution is 0.567. The number of para-hydroxylation sites is 2. The summed E-state index contributed by atoms with van der Waals surface area (Å²) in [6, 6.07) is 99.2. The molecular formula is C94H80N4O2. The number of benzene rings is 14. The largest absolute Gasteiger partial charge is 0.456 e. The maximum atomic E-state index is 7.04. The minimum absolute atomic E-state index is 0.0330. The van der Waals surface area contributed by atoms with Crippen molar-refractivity contribution >= 4 is 154 Å². The molecule has 6 heteroatoms. The van der Waals surface area contributed by atoms with Crippen LogP contribution in [0.25, 0.3) is 131 Å². The number of hydrogen-bond acceptors (Lipinski definition) is 4. The number of anilines is 6. The summed E-state index contributed by atoms with van der Waals surface area (Å²) in [5, 5.41) is 16.0. The first-order valence-corrected chi connectivity index (χ1v) is 35.3. The molecule has 100 heavy (non-hydrogen) atoms. The van der Waals surface area contributed by atoms with Crippen LogP contribution >= 0.6 is 0 Å². The van der Waals surface area contributed by atoms with E-state index in [4.69, 9.17) is 8.83 Å². The number of fused-ring (bicyclic) bond motifs is 17. The highest BCUT2D eigenvalue weighted by molar-refractivity contribution is 6.28. The molecule has 4 heterocycles. The van der Waals surface area contributed by atoms with Crippen LogP contribution in [0.4, 0.5) is 34.1 Å². The number of rotatable bonds is 8. The van der Waals surface area contributed by atoms with Crippen LogP contribution in [-0.4, -0.2) is 9.13 Å². The molecule has 18 aromatic rings. The molecule has 0 aliphatic rings. The van der Waals surface area contributed by atoms with Gasteiger partial charge in [-0.15, -0.1) is 0 Å². The zero-order chi connectivity index (χ0) is 68.5. The highest BCUT2D eigenvalue weighted by atomic mass is 16.3. The Morgan fingerprint density at radius 2 is 0.560 bits per heavy atom. The Morgan fingerprint density at radius 1 is 0.240 bits per heavy atom. The molecule has 488 valence electrons. The Kier molecular flexibility index (Phi) is 13.5. The van der Waals surface area contributed by atoms with Gasteiger partial charge in [-0.25, -0.2) is 0 Å². The van der Waals surface area contributed by atoms with Crippen LogP contribution in [0.1, 0.15) is 105 Å². The molecule has 14 aromatic carbocycles. The molecule has 0 unspecified atom stereocenters.